The number of aryl methyl sites for hydroxylation is 3. The van der Waals surface area contributed by atoms with Gasteiger partial charge in [-0.25, -0.2) is 0 Å². The van der Waals surface area contributed by atoms with E-state index in [4.69, 9.17) is 0 Å². The van der Waals surface area contributed by atoms with E-state index in [1.165, 1.54) is 91.1 Å². The molecule has 3 heterocycles. The number of aliphatic hydroxyl groups is 1. The third-order valence-corrected chi connectivity index (χ3v) is 12.1. The highest BCUT2D eigenvalue weighted by Gasteiger charge is 2.23. The fourth-order valence-electron chi connectivity index (χ4n) is 7.75. The third kappa shape index (κ3) is 20.2. The number of hydrogen-bond acceptors (Lipinski definition) is 16. The Labute approximate surface area is 456 Å². The van der Waals surface area contributed by atoms with Gasteiger partial charge in [0.15, 0.2) is 17.2 Å². The fourth-order valence-corrected chi connectivity index (χ4v) is 7.75. The van der Waals surface area contributed by atoms with Crippen molar-refractivity contribution in [2.75, 3.05) is 77.8 Å². The standard InChI is InChI=1S/C52H67N11O14.C2H6/c1-33(65)7-12-42(67)57-37-10-8-35(9-11-37)29-36(30-62(25-17-53-46(71)38(34(2)66)13-21-58(3)32-64)26-18-54-47(72)39-14-22-59(4)50(75)43(39)68)31-63(27-19-55-48(73)40-15-23-60(5)51(76)44(40)69)28-20-56-49(74)41-16-24-61(6)52(77)45(41)70;1-2/h8-11,13-16,21-24,32,36,66,68-70H,7,12,17-20,25-31H2,1-6H3,(H,53,71)(H,54,72)(H,55,73)(H,56,74)(H,57,67);1-2H3/b21-13-,38-34-;. The summed E-state index contributed by atoms with van der Waals surface area (Å²) in [6.07, 6.45) is 7.48. The maximum Gasteiger partial charge on any atom is 0.293 e. The molecule has 1 aromatic carbocycles. The van der Waals surface area contributed by atoms with Crippen molar-refractivity contribution in [2.24, 2.45) is 27.1 Å². The Balaban J connectivity index is 0.00000810. The van der Waals surface area contributed by atoms with E-state index in [1.54, 1.807) is 24.3 Å². The van der Waals surface area contributed by atoms with Gasteiger partial charge in [0.2, 0.25) is 12.3 Å². The van der Waals surface area contributed by atoms with Crippen molar-refractivity contribution >= 4 is 47.4 Å². The number of pyridine rings is 3. The fraction of sp³-hybridized carbons (Fsp3) is 0.407. The number of allylic oxidation sites excluding steroid dienone is 1. The minimum Gasteiger partial charge on any atom is -0.512 e. The van der Waals surface area contributed by atoms with E-state index in [-0.39, 0.29) is 124 Å². The summed E-state index contributed by atoms with van der Waals surface area (Å²) in [6, 6.07) is 10.9. The molecule has 0 fully saturated rings. The van der Waals surface area contributed by atoms with Crippen LogP contribution in [-0.2, 0) is 46.7 Å². The van der Waals surface area contributed by atoms with Gasteiger partial charge >= 0.3 is 0 Å². The Hall–Kier alpha value is -8.84. The number of aromatic nitrogens is 3. The number of nitrogens with one attached hydrogen (secondary N) is 5. The van der Waals surface area contributed by atoms with E-state index in [0.717, 1.165) is 24.2 Å². The molecule has 0 saturated carbocycles. The molecule has 0 spiro atoms. The number of benzene rings is 1. The second-order valence-corrected chi connectivity index (χ2v) is 18.2. The van der Waals surface area contributed by atoms with Crippen molar-refractivity contribution in [1.82, 2.24) is 49.7 Å². The van der Waals surface area contributed by atoms with Crippen molar-refractivity contribution in [1.29, 1.82) is 0 Å². The summed E-state index contributed by atoms with van der Waals surface area (Å²) in [5.74, 6) is -6.28. The summed E-state index contributed by atoms with van der Waals surface area (Å²) in [6.45, 7) is 7.58. The van der Waals surface area contributed by atoms with Gasteiger partial charge in [0.1, 0.15) is 11.5 Å². The first-order valence-corrected chi connectivity index (χ1v) is 25.4. The summed E-state index contributed by atoms with van der Waals surface area (Å²) < 4.78 is 3.33. The average Bonchev–Trinajstić information content (AvgIpc) is 3.42. The third-order valence-electron chi connectivity index (χ3n) is 12.1. The van der Waals surface area contributed by atoms with E-state index in [0.29, 0.717) is 18.5 Å². The SMILES string of the molecule is CC.CC(=O)CCC(=O)Nc1ccc(CC(CN(CCNC(=O)C(/C=C\N(C)C=O)=C(/C)O)CCNC(=O)c2ccn(C)c(=O)c2O)CN(CCNC(=O)c2ccn(C)c(=O)c2O)CCNC(=O)c2ccn(C)c(=O)c2O)cc1. The van der Waals surface area contributed by atoms with E-state index < -0.39 is 57.6 Å². The van der Waals surface area contributed by atoms with Gasteiger partial charge in [-0.15, -0.1) is 0 Å². The number of ketones is 1. The van der Waals surface area contributed by atoms with Crippen molar-refractivity contribution in [2.45, 2.75) is 47.0 Å². The van der Waals surface area contributed by atoms with Gasteiger partial charge in [0.25, 0.3) is 40.3 Å². The zero-order chi connectivity index (χ0) is 58.9. The van der Waals surface area contributed by atoms with Gasteiger partial charge < -0.3 is 70.4 Å². The maximum absolute atomic E-state index is 13.4. The molecule has 4 rings (SSSR count). The van der Waals surface area contributed by atoms with Crippen LogP contribution in [0.2, 0.25) is 0 Å². The lowest BCUT2D eigenvalue weighted by Gasteiger charge is -2.32. The minimum absolute atomic E-state index is 0.00113. The lowest BCUT2D eigenvalue weighted by molar-refractivity contribution is -0.121. The highest BCUT2D eigenvalue weighted by molar-refractivity contribution is 5.98. The number of anilines is 1. The number of nitrogens with zero attached hydrogens (tertiary/aromatic N) is 6. The van der Waals surface area contributed by atoms with Crippen LogP contribution in [0.25, 0.3) is 0 Å². The molecule has 428 valence electrons. The molecule has 9 N–H and O–H groups in total. The van der Waals surface area contributed by atoms with Gasteiger partial charge in [-0.3, -0.25) is 53.0 Å². The lowest BCUT2D eigenvalue weighted by Crippen LogP contribution is -2.46. The van der Waals surface area contributed by atoms with E-state index >= 15 is 0 Å². The molecule has 1 unspecified atom stereocenters. The van der Waals surface area contributed by atoms with Crippen LogP contribution in [0.15, 0.2) is 99.0 Å². The molecule has 0 saturated heterocycles. The molecule has 6 amide bonds. The van der Waals surface area contributed by atoms with Crippen LogP contribution in [0, 0.1) is 5.92 Å². The van der Waals surface area contributed by atoms with Gasteiger partial charge in [-0.2, -0.15) is 0 Å². The topological polar surface area (TPSA) is 336 Å². The quantitative estimate of drug-likeness (QED) is 0.0157. The number of rotatable bonds is 29. The lowest BCUT2D eigenvalue weighted by atomic mass is 9.97. The number of aromatic hydroxyl groups is 3. The average molecular weight is 1100 g/mol. The number of aliphatic hydroxyl groups excluding tert-OH is 1. The number of carbonyl (C=O) groups excluding carboxylic acids is 7. The highest BCUT2D eigenvalue weighted by Crippen LogP contribution is 2.18. The van der Waals surface area contributed by atoms with Gasteiger partial charge in [0.05, 0.1) is 22.3 Å². The number of amides is 6. The van der Waals surface area contributed by atoms with Crippen molar-refractivity contribution in [3.8, 4) is 17.2 Å². The van der Waals surface area contributed by atoms with Crippen LogP contribution < -0.4 is 43.3 Å². The summed E-state index contributed by atoms with van der Waals surface area (Å²) in [7, 11) is 5.68. The summed E-state index contributed by atoms with van der Waals surface area (Å²) in [5, 5.41) is 55.5. The smallest absolute Gasteiger partial charge is 0.293 e. The van der Waals surface area contributed by atoms with Crippen LogP contribution in [0.4, 0.5) is 5.69 Å². The monoisotopic (exact) mass is 1100 g/mol. The molecule has 0 radical (unpaired) electrons. The van der Waals surface area contributed by atoms with Crippen molar-refractivity contribution in [3.63, 3.8) is 0 Å². The zero-order valence-corrected chi connectivity index (χ0v) is 45.8. The van der Waals surface area contributed by atoms with Crippen LogP contribution >= 0.6 is 0 Å². The van der Waals surface area contributed by atoms with Crippen LogP contribution in [0.1, 0.15) is 77.2 Å². The molecule has 25 nitrogen and oxygen atoms in total. The molecule has 4 aromatic rings. The van der Waals surface area contributed by atoms with Crippen LogP contribution in [0.5, 0.6) is 17.2 Å². The molecule has 0 aliphatic rings. The Bertz CT molecular complexity index is 2950. The largest absolute Gasteiger partial charge is 0.512 e. The first kappa shape index (κ1) is 64.4. The predicted octanol–water partition coefficient (Wildman–Crippen LogP) is 0.836. The molecule has 79 heavy (non-hydrogen) atoms. The van der Waals surface area contributed by atoms with Gasteiger partial charge in [-0.1, -0.05) is 26.0 Å². The first-order chi connectivity index (χ1) is 37.5. The molecule has 1 atom stereocenters. The maximum atomic E-state index is 13.4. The molecule has 0 aliphatic heterocycles. The molecule has 3 aromatic heterocycles. The predicted molar refractivity (Wildman–Crippen MR) is 295 cm³/mol. The van der Waals surface area contributed by atoms with Crippen molar-refractivity contribution < 1.29 is 54.0 Å². The Morgan fingerprint density at radius 3 is 1.37 bits per heavy atom. The zero-order valence-electron chi connectivity index (χ0n) is 45.8. The van der Waals surface area contributed by atoms with Crippen LogP contribution in [-0.4, -0.2) is 163 Å². The Morgan fingerprint density at radius 2 is 1.00 bits per heavy atom. The second-order valence-electron chi connectivity index (χ2n) is 18.2. The molecule has 0 aliphatic carbocycles. The van der Waals surface area contributed by atoms with Gasteiger partial charge in [0, 0.05) is 137 Å². The number of Topliss-reactive ketones (excluding diaryl/α,β-unsaturated/α-hetero) is 1. The Kier molecular flexibility index (Phi) is 26.1. The molecule has 0 bridgehead atoms. The van der Waals surface area contributed by atoms with Crippen LogP contribution in [0.3, 0.4) is 0 Å². The van der Waals surface area contributed by atoms with Gasteiger partial charge in [-0.05, 0) is 68.2 Å². The summed E-state index contributed by atoms with van der Waals surface area (Å²) in [5.41, 5.74) is -1.94. The normalized spacial score (nSPS) is 11.7. The molecular formula is C54H73N11O14. The minimum atomic E-state index is -0.782. The van der Waals surface area contributed by atoms with E-state index in [1.807, 2.05) is 23.6 Å². The number of hydrogen-bond donors (Lipinski definition) is 9. The molecular weight excluding hydrogens is 1030 g/mol. The summed E-state index contributed by atoms with van der Waals surface area (Å²) in [4.78, 5) is 131. The highest BCUT2D eigenvalue weighted by atomic mass is 16.3. The van der Waals surface area contributed by atoms with E-state index in [9.17, 15) is 68.4 Å². The molecule has 25 heteroatoms. The number of carbonyl (C=O) groups is 7. The van der Waals surface area contributed by atoms with Crippen molar-refractivity contribution in [3.05, 3.63) is 138 Å². The first-order valence-electron chi connectivity index (χ1n) is 25.4. The second kappa shape index (κ2) is 32.0. The summed E-state index contributed by atoms with van der Waals surface area (Å²) >= 11 is 0. The van der Waals surface area contributed by atoms with E-state index in [2.05, 4.69) is 26.6 Å². The Morgan fingerprint density at radius 1 is 0.608 bits per heavy atom.